The average molecular weight is 325 g/mol. The van der Waals surface area contributed by atoms with Gasteiger partial charge in [0, 0.05) is 5.92 Å². The quantitative estimate of drug-likeness (QED) is 0.736. The molecule has 1 aliphatic rings. The summed E-state index contributed by atoms with van der Waals surface area (Å²) in [6.45, 7) is 5.90. The second-order valence-electron chi connectivity index (χ2n) is 6.45. The smallest absolute Gasteiger partial charge is 0.337 e. The molecule has 7 heteroatoms. The van der Waals surface area contributed by atoms with E-state index in [0.717, 1.165) is 35.5 Å². The fraction of sp³-hybridized carbons (Fsp3) is 0.412. The number of rotatable bonds is 4. The Bertz CT molecular complexity index is 948. The maximum absolute atomic E-state index is 12.3. The standard InChI is InChI=1S/C17H19N5O2/c1-10-4-5-11(2)14(8-10)21-9-18-17(23)22(21)12(3)16-19-15(20-24-16)13-6-7-13/h4-5,8-9,12-13H,6-7H2,1-3H3. The third kappa shape index (κ3) is 2.46. The lowest BCUT2D eigenvalue weighted by Gasteiger charge is -2.16. The largest absolute Gasteiger partial charge is 0.364 e. The molecule has 0 bridgehead atoms. The molecule has 0 amide bonds. The van der Waals surface area contributed by atoms with Crippen LogP contribution in [0.25, 0.3) is 5.69 Å². The summed E-state index contributed by atoms with van der Waals surface area (Å²) in [4.78, 5) is 20.7. The Hall–Kier alpha value is -2.70. The minimum atomic E-state index is -0.389. The predicted octanol–water partition coefficient (Wildman–Crippen LogP) is 2.52. The van der Waals surface area contributed by atoms with Gasteiger partial charge < -0.3 is 4.52 Å². The Morgan fingerprint density at radius 3 is 2.83 bits per heavy atom. The summed E-state index contributed by atoms with van der Waals surface area (Å²) in [6, 6.07) is 5.71. The van der Waals surface area contributed by atoms with E-state index in [1.54, 1.807) is 15.7 Å². The maximum Gasteiger partial charge on any atom is 0.364 e. The highest BCUT2D eigenvalue weighted by Gasteiger charge is 2.30. The van der Waals surface area contributed by atoms with Gasteiger partial charge in [0.25, 0.3) is 5.89 Å². The fourth-order valence-corrected chi connectivity index (χ4v) is 2.84. The summed E-state index contributed by atoms with van der Waals surface area (Å²) in [6.07, 6.45) is 3.75. The Morgan fingerprint density at radius 2 is 2.08 bits per heavy atom. The molecule has 0 spiro atoms. The molecule has 4 rings (SSSR count). The van der Waals surface area contributed by atoms with Crippen LogP contribution in [0, 0.1) is 13.8 Å². The highest BCUT2D eigenvalue weighted by atomic mass is 16.5. The van der Waals surface area contributed by atoms with E-state index in [0.29, 0.717) is 11.8 Å². The monoisotopic (exact) mass is 325 g/mol. The topological polar surface area (TPSA) is 78.7 Å². The zero-order valence-corrected chi connectivity index (χ0v) is 13.9. The van der Waals surface area contributed by atoms with Gasteiger partial charge in [-0.15, -0.1) is 0 Å². The molecule has 0 aliphatic heterocycles. The van der Waals surface area contributed by atoms with Gasteiger partial charge in [0.05, 0.1) is 5.69 Å². The number of aromatic nitrogens is 5. The number of benzene rings is 1. The van der Waals surface area contributed by atoms with Crippen LogP contribution in [0.4, 0.5) is 0 Å². The van der Waals surface area contributed by atoms with E-state index in [2.05, 4.69) is 15.1 Å². The molecule has 2 aromatic heterocycles. The normalized spacial score (nSPS) is 15.6. The summed E-state index contributed by atoms with van der Waals surface area (Å²) in [5.41, 5.74) is 2.75. The molecule has 1 unspecified atom stereocenters. The van der Waals surface area contributed by atoms with Crippen molar-refractivity contribution in [2.24, 2.45) is 0 Å². The second kappa shape index (κ2) is 5.43. The summed E-state index contributed by atoms with van der Waals surface area (Å²) in [5, 5.41) is 4.04. The molecule has 124 valence electrons. The van der Waals surface area contributed by atoms with Crippen molar-refractivity contribution >= 4 is 0 Å². The molecule has 0 saturated heterocycles. The molecule has 1 aromatic carbocycles. The van der Waals surface area contributed by atoms with Gasteiger partial charge in [-0.3, -0.25) is 0 Å². The van der Waals surface area contributed by atoms with Gasteiger partial charge >= 0.3 is 5.69 Å². The Kier molecular flexibility index (Phi) is 3.37. The Morgan fingerprint density at radius 1 is 1.29 bits per heavy atom. The van der Waals surface area contributed by atoms with Crippen LogP contribution in [0.15, 0.2) is 33.8 Å². The third-order valence-electron chi connectivity index (χ3n) is 4.44. The van der Waals surface area contributed by atoms with Gasteiger partial charge in [-0.05, 0) is 50.8 Å². The summed E-state index contributed by atoms with van der Waals surface area (Å²) in [7, 11) is 0. The minimum absolute atomic E-state index is 0.338. The van der Waals surface area contributed by atoms with Crippen molar-refractivity contribution in [2.45, 2.75) is 45.6 Å². The molecule has 24 heavy (non-hydrogen) atoms. The molecule has 0 N–H and O–H groups in total. The van der Waals surface area contributed by atoms with Gasteiger partial charge in [0.1, 0.15) is 12.4 Å². The molecule has 3 aromatic rings. The van der Waals surface area contributed by atoms with Crippen LogP contribution in [0.2, 0.25) is 0 Å². The number of hydrogen-bond acceptors (Lipinski definition) is 5. The lowest BCUT2D eigenvalue weighted by molar-refractivity contribution is 0.322. The van der Waals surface area contributed by atoms with Crippen LogP contribution < -0.4 is 5.69 Å². The number of aryl methyl sites for hydroxylation is 2. The van der Waals surface area contributed by atoms with Crippen LogP contribution in [0.3, 0.4) is 0 Å². The van der Waals surface area contributed by atoms with Crippen molar-refractivity contribution in [1.82, 2.24) is 24.5 Å². The lowest BCUT2D eigenvalue weighted by atomic mass is 10.1. The fourth-order valence-electron chi connectivity index (χ4n) is 2.84. The first kappa shape index (κ1) is 14.9. The maximum atomic E-state index is 12.3. The number of nitrogens with zero attached hydrogens (tertiary/aromatic N) is 5. The summed E-state index contributed by atoms with van der Waals surface area (Å²) in [5.74, 6) is 1.59. The van der Waals surface area contributed by atoms with Gasteiger partial charge in [0.15, 0.2) is 5.82 Å². The van der Waals surface area contributed by atoms with Crippen molar-refractivity contribution in [3.8, 4) is 5.69 Å². The van der Waals surface area contributed by atoms with E-state index in [1.807, 2.05) is 39.0 Å². The Labute approximate surface area is 138 Å². The molecule has 0 radical (unpaired) electrons. The minimum Gasteiger partial charge on any atom is -0.337 e. The van der Waals surface area contributed by atoms with Gasteiger partial charge in [-0.2, -0.15) is 9.97 Å². The first-order valence-electron chi connectivity index (χ1n) is 8.12. The SMILES string of the molecule is Cc1ccc(C)c(-n2cnc(=O)n2C(C)c2nc(C3CC3)no2)c1. The van der Waals surface area contributed by atoms with E-state index in [9.17, 15) is 4.79 Å². The summed E-state index contributed by atoms with van der Waals surface area (Å²) >= 11 is 0. The zero-order valence-electron chi connectivity index (χ0n) is 13.9. The van der Waals surface area contributed by atoms with Crippen LogP contribution in [-0.4, -0.2) is 24.5 Å². The lowest BCUT2D eigenvalue weighted by Crippen LogP contribution is -2.27. The van der Waals surface area contributed by atoms with E-state index >= 15 is 0 Å². The molecular weight excluding hydrogens is 306 g/mol. The van der Waals surface area contributed by atoms with Crippen LogP contribution in [0.1, 0.15) is 54.6 Å². The van der Waals surface area contributed by atoms with Crippen molar-refractivity contribution in [3.05, 3.63) is 57.9 Å². The predicted molar refractivity (Wildman–Crippen MR) is 87.4 cm³/mol. The zero-order chi connectivity index (χ0) is 16.8. The van der Waals surface area contributed by atoms with Crippen molar-refractivity contribution in [3.63, 3.8) is 0 Å². The van der Waals surface area contributed by atoms with E-state index in [-0.39, 0.29) is 11.7 Å². The second-order valence-corrected chi connectivity index (χ2v) is 6.45. The van der Waals surface area contributed by atoms with Crippen molar-refractivity contribution in [2.75, 3.05) is 0 Å². The molecule has 1 aliphatic carbocycles. The van der Waals surface area contributed by atoms with Crippen LogP contribution in [-0.2, 0) is 0 Å². The molecule has 1 saturated carbocycles. The van der Waals surface area contributed by atoms with Crippen molar-refractivity contribution in [1.29, 1.82) is 0 Å². The molecular formula is C17H19N5O2. The average Bonchev–Trinajstić information content (AvgIpc) is 3.17. The van der Waals surface area contributed by atoms with E-state index in [4.69, 9.17) is 4.52 Å². The van der Waals surface area contributed by atoms with E-state index in [1.165, 1.54) is 0 Å². The molecule has 7 nitrogen and oxygen atoms in total. The van der Waals surface area contributed by atoms with Crippen LogP contribution in [0.5, 0.6) is 0 Å². The first-order valence-corrected chi connectivity index (χ1v) is 8.12. The third-order valence-corrected chi connectivity index (χ3v) is 4.44. The Balaban J connectivity index is 1.78. The van der Waals surface area contributed by atoms with Crippen LogP contribution >= 0.6 is 0 Å². The van der Waals surface area contributed by atoms with E-state index < -0.39 is 0 Å². The van der Waals surface area contributed by atoms with Gasteiger partial charge in [-0.1, -0.05) is 17.3 Å². The molecule has 2 heterocycles. The number of hydrogen-bond donors (Lipinski definition) is 0. The molecule has 1 fully saturated rings. The first-order chi connectivity index (χ1) is 11.5. The van der Waals surface area contributed by atoms with Gasteiger partial charge in [-0.25, -0.2) is 14.2 Å². The highest BCUT2D eigenvalue weighted by Crippen LogP contribution is 2.38. The summed E-state index contributed by atoms with van der Waals surface area (Å²) < 4.78 is 8.70. The highest BCUT2D eigenvalue weighted by molar-refractivity contribution is 5.42. The molecule has 1 atom stereocenters. The van der Waals surface area contributed by atoms with Gasteiger partial charge in [0.2, 0.25) is 0 Å². The van der Waals surface area contributed by atoms with Crippen molar-refractivity contribution < 1.29 is 4.52 Å².